The number of carbonyl (C=O) groups excluding carboxylic acids is 1. The van der Waals surface area contributed by atoms with E-state index in [1.54, 1.807) is 0 Å². The van der Waals surface area contributed by atoms with Gasteiger partial charge in [0.1, 0.15) is 11.6 Å². The summed E-state index contributed by atoms with van der Waals surface area (Å²) in [4.78, 5) is 12.6. The van der Waals surface area contributed by atoms with Crippen molar-refractivity contribution >= 4 is 44.8 Å². The van der Waals surface area contributed by atoms with E-state index in [9.17, 15) is 13.6 Å². The summed E-state index contributed by atoms with van der Waals surface area (Å²) < 4.78 is 27.6. The van der Waals surface area contributed by atoms with Gasteiger partial charge < -0.3 is 5.32 Å². The summed E-state index contributed by atoms with van der Waals surface area (Å²) in [5.74, 6) is -2.36. The van der Waals surface area contributed by atoms with Gasteiger partial charge >= 0.3 is 0 Å². The van der Waals surface area contributed by atoms with Gasteiger partial charge in [0, 0.05) is 4.88 Å². The van der Waals surface area contributed by atoms with E-state index < -0.39 is 17.5 Å². The highest BCUT2D eigenvalue weighted by atomic mass is 79.9. The normalized spacial score (nSPS) is 10.5. The van der Waals surface area contributed by atoms with Gasteiger partial charge in [-0.1, -0.05) is 11.6 Å². The maximum Gasteiger partial charge on any atom is 0.254 e. The molecule has 0 radical (unpaired) electrons. The molecule has 0 saturated carbocycles. The number of benzene rings is 1. The van der Waals surface area contributed by atoms with E-state index >= 15 is 0 Å². The van der Waals surface area contributed by atoms with Gasteiger partial charge in [-0.3, -0.25) is 4.79 Å². The minimum Gasteiger partial charge on any atom is -0.347 e. The number of nitrogens with one attached hydrogen (secondary N) is 1. The van der Waals surface area contributed by atoms with Gasteiger partial charge in [0.05, 0.1) is 20.9 Å². The molecule has 0 aliphatic rings. The minimum absolute atomic E-state index is 0.249. The minimum atomic E-state index is -0.851. The van der Waals surface area contributed by atoms with Crippen LogP contribution in [0.3, 0.4) is 0 Å². The van der Waals surface area contributed by atoms with Gasteiger partial charge in [0.15, 0.2) is 0 Å². The predicted octanol–water partition coefficient (Wildman–Crippen LogP) is 4.37. The van der Waals surface area contributed by atoms with Crippen LogP contribution in [0.2, 0.25) is 5.02 Å². The third kappa shape index (κ3) is 3.52. The standard InChI is InChI=1S/C12H7BrClF2NOS/c13-11-2-1-6(19-11)5-17-12(18)7-3-10(16)8(14)4-9(7)15/h1-4H,5H2,(H,17,18). The Morgan fingerprint density at radius 2 is 2.05 bits per heavy atom. The molecule has 0 aliphatic carbocycles. The zero-order valence-electron chi connectivity index (χ0n) is 9.34. The van der Waals surface area contributed by atoms with Crippen molar-refractivity contribution < 1.29 is 13.6 Å². The molecule has 0 fully saturated rings. The van der Waals surface area contributed by atoms with E-state index in [2.05, 4.69) is 21.2 Å². The summed E-state index contributed by atoms with van der Waals surface area (Å²) in [6.07, 6.45) is 0. The van der Waals surface area contributed by atoms with Gasteiger partial charge in [0.2, 0.25) is 0 Å². The molecule has 19 heavy (non-hydrogen) atoms. The van der Waals surface area contributed by atoms with Crippen LogP contribution in [0.25, 0.3) is 0 Å². The maximum atomic E-state index is 13.5. The van der Waals surface area contributed by atoms with Crippen molar-refractivity contribution in [2.75, 3.05) is 0 Å². The van der Waals surface area contributed by atoms with Crippen molar-refractivity contribution in [3.63, 3.8) is 0 Å². The molecular weight excluding hydrogens is 360 g/mol. The Morgan fingerprint density at radius 1 is 1.32 bits per heavy atom. The van der Waals surface area contributed by atoms with Crippen LogP contribution in [0.5, 0.6) is 0 Å². The summed E-state index contributed by atoms with van der Waals surface area (Å²) in [6.45, 7) is 0.249. The predicted molar refractivity (Wildman–Crippen MR) is 74.6 cm³/mol. The Hall–Kier alpha value is -0.980. The van der Waals surface area contributed by atoms with E-state index in [0.717, 1.165) is 20.8 Å². The molecule has 1 aromatic heterocycles. The monoisotopic (exact) mass is 365 g/mol. The molecule has 2 aromatic rings. The lowest BCUT2D eigenvalue weighted by Gasteiger charge is -2.06. The molecule has 1 aromatic carbocycles. The Morgan fingerprint density at radius 3 is 2.68 bits per heavy atom. The lowest BCUT2D eigenvalue weighted by molar-refractivity contribution is 0.0947. The smallest absolute Gasteiger partial charge is 0.254 e. The van der Waals surface area contributed by atoms with Crippen LogP contribution in [0.15, 0.2) is 28.1 Å². The molecule has 0 saturated heterocycles. The van der Waals surface area contributed by atoms with Gasteiger partial charge in [-0.15, -0.1) is 11.3 Å². The summed E-state index contributed by atoms with van der Waals surface area (Å²) in [5, 5.41) is 2.17. The van der Waals surface area contributed by atoms with Crippen molar-refractivity contribution in [1.29, 1.82) is 0 Å². The molecule has 1 amide bonds. The van der Waals surface area contributed by atoms with Crippen molar-refractivity contribution in [3.8, 4) is 0 Å². The second kappa shape index (κ2) is 5.98. The Balaban J connectivity index is 2.10. The molecule has 2 rings (SSSR count). The molecule has 1 N–H and O–H groups in total. The second-order valence-corrected chi connectivity index (χ2v) is 6.59. The molecular formula is C12H7BrClF2NOS. The SMILES string of the molecule is O=C(NCc1ccc(Br)s1)c1cc(F)c(Cl)cc1F. The van der Waals surface area contributed by atoms with E-state index in [1.807, 2.05) is 12.1 Å². The molecule has 100 valence electrons. The second-order valence-electron chi connectivity index (χ2n) is 3.63. The molecule has 0 spiro atoms. The number of amides is 1. The Labute approximate surface area is 125 Å². The number of thiophene rings is 1. The van der Waals surface area contributed by atoms with Crippen LogP contribution in [0.1, 0.15) is 15.2 Å². The zero-order valence-corrected chi connectivity index (χ0v) is 12.5. The van der Waals surface area contributed by atoms with Gasteiger partial charge in [-0.05, 0) is 40.2 Å². The molecule has 0 atom stereocenters. The molecule has 0 unspecified atom stereocenters. The largest absolute Gasteiger partial charge is 0.347 e. The van der Waals surface area contributed by atoms with Crippen LogP contribution in [0.4, 0.5) is 8.78 Å². The van der Waals surface area contributed by atoms with Crippen LogP contribution in [-0.2, 0) is 6.54 Å². The average Bonchev–Trinajstić information content (AvgIpc) is 2.77. The highest BCUT2D eigenvalue weighted by Gasteiger charge is 2.15. The first-order valence-electron chi connectivity index (χ1n) is 5.14. The molecule has 7 heteroatoms. The van der Waals surface area contributed by atoms with Crippen LogP contribution in [0, 0.1) is 11.6 Å². The number of hydrogen-bond acceptors (Lipinski definition) is 2. The summed E-state index contributed by atoms with van der Waals surface area (Å²) in [7, 11) is 0. The average molecular weight is 367 g/mol. The fourth-order valence-electron chi connectivity index (χ4n) is 1.41. The third-order valence-electron chi connectivity index (χ3n) is 2.31. The van der Waals surface area contributed by atoms with Crippen LogP contribution < -0.4 is 5.32 Å². The lowest BCUT2D eigenvalue weighted by atomic mass is 10.2. The Kier molecular flexibility index (Phi) is 4.54. The van der Waals surface area contributed by atoms with Gasteiger partial charge in [-0.25, -0.2) is 8.78 Å². The van der Waals surface area contributed by atoms with Crippen molar-refractivity contribution in [1.82, 2.24) is 5.32 Å². The molecule has 0 bridgehead atoms. The zero-order chi connectivity index (χ0) is 14.0. The van der Waals surface area contributed by atoms with E-state index in [0.29, 0.717) is 0 Å². The van der Waals surface area contributed by atoms with Gasteiger partial charge in [0.25, 0.3) is 5.91 Å². The summed E-state index contributed by atoms with van der Waals surface area (Å²) in [5.41, 5.74) is -0.363. The van der Waals surface area contributed by atoms with E-state index in [1.165, 1.54) is 11.3 Å². The quantitative estimate of drug-likeness (QED) is 0.803. The molecule has 0 aliphatic heterocycles. The highest BCUT2D eigenvalue weighted by Crippen LogP contribution is 2.22. The van der Waals surface area contributed by atoms with Crippen LogP contribution in [-0.4, -0.2) is 5.91 Å². The number of rotatable bonds is 3. The first kappa shape index (κ1) is 14.4. The van der Waals surface area contributed by atoms with E-state index in [4.69, 9.17) is 11.6 Å². The van der Waals surface area contributed by atoms with Crippen molar-refractivity contribution in [2.45, 2.75) is 6.54 Å². The van der Waals surface area contributed by atoms with Crippen molar-refractivity contribution in [2.24, 2.45) is 0 Å². The lowest BCUT2D eigenvalue weighted by Crippen LogP contribution is -2.23. The van der Waals surface area contributed by atoms with Crippen molar-refractivity contribution in [3.05, 3.63) is 55.1 Å². The first-order chi connectivity index (χ1) is 8.97. The topological polar surface area (TPSA) is 29.1 Å². The van der Waals surface area contributed by atoms with Gasteiger partial charge in [-0.2, -0.15) is 0 Å². The molecule has 1 heterocycles. The number of hydrogen-bond donors (Lipinski definition) is 1. The maximum absolute atomic E-state index is 13.5. The summed E-state index contributed by atoms with van der Waals surface area (Å²) >= 11 is 10.2. The number of halogens is 4. The van der Waals surface area contributed by atoms with Crippen LogP contribution >= 0.6 is 38.9 Å². The highest BCUT2D eigenvalue weighted by molar-refractivity contribution is 9.11. The third-order valence-corrected chi connectivity index (χ3v) is 4.22. The first-order valence-corrected chi connectivity index (χ1v) is 7.13. The fraction of sp³-hybridized carbons (Fsp3) is 0.0833. The fourth-order valence-corrected chi connectivity index (χ4v) is 2.98. The van der Waals surface area contributed by atoms with E-state index in [-0.39, 0.29) is 17.1 Å². The Bertz CT molecular complexity index is 632. The number of carbonyl (C=O) groups is 1. The summed E-state index contributed by atoms with van der Waals surface area (Å²) in [6, 6.07) is 5.24. The molecule has 2 nitrogen and oxygen atoms in total.